The average molecular weight is 293 g/mol. The van der Waals surface area contributed by atoms with Gasteiger partial charge in [-0.05, 0) is 67.8 Å². The second-order valence-corrected chi connectivity index (χ2v) is 5.45. The Morgan fingerprint density at radius 2 is 1.88 bits per heavy atom. The number of fused-ring (bicyclic) bond motifs is 2. The van der Waals surface area contributed by atoms with E-state index in [9.17, 15) is 0 Å². The van der Waals surface area contributed by atoms with Crippen LogP contribution in [0.3, 0.4) is 0 Å². The number of thiophene rings is 1. The smallest absolute Gasteiger partial charge is 0.133 e. The molecule has 0 aliphatic rings. The van der Waals surface area contributed by atoms with Gasteiger partial charge in [0.1, 0.15) is 5.75 Å². The molecular weight excluding hydrogens is 284 g/mol. The molecule has 0 fully saturated rings. The van der Waals surface area contributed by atoms with Crippen LogP contribution in [0.1, 0.15) is 0 Å². The van der Waals surface area contributed by atoms with E-state index in [0.717, 1.165) is 10.2 Å². The third-order valence-corrected chi connectivity index (χ3v) is 4.18. The number of methoxy groups -OCH3 is 1. The van der Waals surface area contributed by atoms with Crippen LogP contribution in [0, 0.1) is 0 Å². The normalized spacial score (nSPS) is 11.1. The lowest BCUT2D eigenvalue weighted by Crippen LogP contribution is -1.84. The van der Waals surface area contributed by atoms with Crippen LogP contribution in [0.4, 0.5) is 0 Å². The summed E-state index contributed by atoms with van der Waals surface area (Å²) in [5.74, 6) is 0.877. The first-order chi connectivity index (χ1) is 7.78. The molecule has 0 radical (unpaired) electrons. The minimum atomic E-state index is 0.877. The SMILES string of the molecule is COc1cc2cc3ccsc3cc2cc1Br. The van der Waals surface area contributed by atoms with Crippen molar-refractivity contribution >= 4 is 48.1 Å². The molecule has 0 aliphatic heterocycles. The molecule has 2 aromatic carbocycles. The Bertz CT molecular complexity index is 672. The molecule has 80 valence electrons. The maximum absolute atomic E-state index is 5.30. The van der Waals surface area contributed by atoms with E-state index in [1.54, 1.807) is 18.4 Å². The van der Waals surface area contributed by atoms with Gasteiger partial charge in [-0.3, -0.25) is 0 Å². The lowest BCUT2D eigenvalue weighted by molar-refractivity contribution is 0.413. The number of ether oxygens (including phenoxy) is 1. The molecule has 1 aromatic heterocycles. The lowest BCUT2D eigenvalue weighted by atomic mass is 10.1. The van der Waals surface area contributed by atoms with Crippen molar-refractivity contribution in [2.75, 3.05) is 7.11 Å². The van der Waals surface area contributed by atoms with Crippen LogP contribution in [0.5, 0.6) is 5.75 Å². The van der Waals surface area contributed by atoms with Gasteiger partial charge in [0.05, 0.1) is 11.6 Å². The highest BCUT2D eigenvalue weighted by Gasteiger charge is 2.04. The van der Waals surface area contributed by atoms with Crippen LogP contribution in [-0.4, -0.2) is 7.11 Å². The van der Waals surface area contributed by atoms with E-state index in [2.05, 4.69) is 51.6 Å². The molecule has 0 aliphatic carbocycles. The Labute approximate surface area is 106 Å². The molecular formula is C13H9BrOS. The molecule has 3 heteroatoms. The number of hydrogen-bond donors (Lipinski definition) is 0. The quantitative estimate of drug-likeness (QED) is 0.624. The molecule has 0 saturated heterocycles. The molecule has 1 nitrogen and oxygen atoms in total. The molecule has 1 heterocycles. The Morgan fingerprint density at radius 3 is 2.69 bits per heavy atom. The highest BCUT2D eigenvalue weighted by Crippen LogP contribution is 2.33. The maximum Gasteiger partial charge on any atom is 0.133 e. The summed E-state index contributed by atoms with van der Waals surface area (Å²) < 4.78 is 7.62. The third-order valence-electron chi connectivity index (χ3n) is 2.68. The highest BCUT2D eigenvalue weighted by molar-refractivity contribution is 9.10. The van der Waals surface area contributed by atoms with Crippen LogP contribution in [0.2, 0.25) is 0 Å². The second-order valence-electron chi connectivity index (χ2n) is 3.64. The van der Waals surface area contributed by atoms with E-state index in [-0.39, 0.29) is 0 Å². The summed E-state index contributed by atoms with van der Waals surface area (Å²) in [6, 6.07) is 10.7. The van der Waals surface area contributed by atoms with Gasteiger partial charge in [-0.25, -0.2) is 0 Å². The van der Waals surface area contributed by atoms with Gasteiger partial charge >= 0.3 is 0 Å². The predicted octanol–water partition coefficient (Wildman–Crippen LogP) is 4.83. The lowest BCUT2D eigenvalue weighted by Gasteiger charge is -2.05. The van der Waals surface area contributed by atoms with Crippen molar-refractivity contribution in [1.82, 2.24) is 0 Å². The van der Waals surface area contributed by atoms with Crippen LogP contribution < -0.4 is 4.74 Å². The van der Waals surface area contributed by atoms with Gasteiger partial charge in [0, 0.05) is 4.70 Å². The van der Waals surface area contributed by atoms with Crippen molar-refractivity contribution in [2.24, 2.45) is 0 Å². The van der Waals surface area contributed by atoms with E-state index < -0.39 is 0 Å². The number of rotatable bonds is 1. The molecule has 0 N–H and O–H groups in total. The van der Waals surface area contributed by atoms with Crippen molar-refractivity contribution in [3.63, 3.8) is 0 Å². The zero-order valence-corrected chi connectivity index (χ0v) is 11.1. The first-order valence-corrected chi connectivity index (χ1v) is 6.60. The molecule has 0 saturated carbocycles. The van der Waals surface area contributed by atoms with E-state index in [0.29, 0.717) is 0 Å². The molecule has 3 aromatic rings. The van der Waals surface area contributed by atoms with Crippen LogP contribution in [0.25, 0.3) is 20.9 Å². The maximum atomic E-state index is 5.30. The van der Waals surface area contributed by atoms with Gasteiger partial charge in [-0.2, -0.15) is 0 Å². The number of halogens is 1. The summed E-state index contributed by atoms with van der Waals surface area (Å²) in [5.41, 5.74) is 0. The van der Waals surface area contributed by atoms with Crippen LogP contribution >= 0.6 is 27.3 Å². The van der Waals surface area contributed by atoms with E-state index in [4.69, 9.17) is 4.74 Å². The third kappa shape index (κ3) is 1.51. The fraction of sp³-hybridized carbons (Fsp3) is 0.0769. The number of benzene rings is 2. The van der Waals surface area contributed by atoms with Crippen molar-refractivity contribution in [3.05, 3.63) is 40.2 Å². The van der Waals surface area contributed by atoms with Gasteiger partial charge in [-0.1, -0.05) is 0 Å². The molecule has 0 atom stereocenters. The van der Waals surface area contributed by atoms with Gasteiger partial charge in [0.25, 0.3) is 0 Å². The van der Waals surface area contributed by atoms with Crippen molar-refractivity contribution in [3.8, 4) is 5.75 Å². The molecule has 0 spiro atoms. The predicted molar refractivity (Wildman–Crippen MR) is 73.6 cm³/mol. The summed E-state index contributed by atoms with van der Waals surface area (Å²) in [4.78, 5) is 0. The first kappa shape index (κ1) is 10.1. The molecule has 0 unspecified atom stereocenters. The Balaban J connectivity index is 2.41. The van der Waals surface area contributed by atoms with E-state index in [1.165, 1.54) is 20.9 Å². The average Bonchev–Trinajstić information content (AvgIpc) is 2.72. The minimum absolute atomic E-state index is 0.877. The minimum Gasteiger partial charge on any atom is -0.496 e. The molecule has 16 heavy (non-hydrogen) atoms. The Kier molecular flexibility index (Phi) is 2.37. The van der Waals surface area contributed by atoms with Gasteiger partial charge in [-0.15, -0.1) is 11.3 Å². The zero-order chi connectivity index (χ0) is 11.1. The van der Waals surface area contributed by atoms with Crippen LogP contribution in [0.15, 0.2) is 40.2 Å². The van der Waals surface area contributed by atoms with Gasteiger partial charge < -0.3 is 4.74 Å². The monoisotopic (exact) mass is 292 g/mol. The summed E-state index contributed by atoms with van der Waals surface area (Å²) in [6.45, 7) is 0. The van der Waals surface area contributed by atoms with E-state index in [1.807, 2.05) is 0 Å². The largest absolute Gasteiger partial charge is 0.496 e. The fourth-order valence-corrected chi connectivity index (χ4v) is 3.21. The summed E-state index contributed by atoms with van der Waals surface area (Å²) >= 11 is 5.28. The fourth-order valence-electron chi connectivity index (χ4n) is 1.87. The molecule has 0 bridgehead atoms. The van der Waals surface area contributed by atoms with Crippen molar-refractivity contribution < 1.29 is 4.74 Å². The van der Waals surface area contributed by atoms with E-state index >= 15 is 0 Å². The Hall–Kier alpha value is -1.06. The topological polar surface area (TPSA) is 9.23 Å². The number of hydrogen-bond acceptors (Lipinski definition) is 2. The summed E-state index contributed by atoms with van der Waals surface area (Å²) in [6.07, 6.45) is 0. The standard InChI is InChI=1S/C13H9BrOS/c1-15-12-6-9-4-8-2-3-16-13(8)7-10(9)5-11(12)14/h2-7H,1H3. The summed E-state index contributed by atoms with van der Waals surface area (Å²) in [7, 11) is 1.69. The molecule has 3 rings (SSSR count). The molecule has 0 amide bonds. The van der Waals surface area contributed by atoms with Gasteiger partial charge in [0.2, 0.25) is 0 Å². The zero-order valence-electron chi connectivity index (χ0n) is 8.66. The van der Waals surface area contributed by atoms with Gasteiger partial charge in [0.15, 0.2) is 0 Å². The van der Waals surface area contributed by atoms with Crippen molar-refractivity contribution in [2.45, 2.75) is 0 Å². The first-order valence-electron chi connectivity index (χ1n) is 4.92. The Morgan fingerprint density at radius 1 is 1.06 bits per heavy atom. The second kappa shape index (κ2) is 3.75. The highest BCUT2D eigenvalue weighted by atomic mass is 79.9. The summed E-state index contributed by atoms with van der Waals surface area (Å²) in [5, 5.41) is 5.87. The van der Waals surface area contributed by atoms with Crippen LogP contribution in [-0.2, 0) is 0 Å². The van der Waals surface area contributed by atoms with Crippen molar-refractivity contribution in [1.29, 1.82) is 0 Å².